The Hall–Kier alpha value is -1.76. The van der Waals surface area contributed by atoms with Crippen LogP contribution < -0.4 is 10.6 Å². The molecule has 1 aromatic carbocycles. The number of guanidine groups is 1. The first-order valence-corrected chi connectivity index (χ1v) is 9.37. The van der Waals surface area contributed by atoms with Crippen LogP contribution in [0.4, 0.5) is 10.1 Å². The first-order chi connectivity index (χ1) is 11.6. The van der Waals surface area contributed by atoms with Gasteiger partial charge >= 0.3 is 0 Å². The maximum absolute atomic E-state index is 13.1. The van der Waals surface area contributed by atoms with Crippen molar-refractivity contribution in [2.45, 2.75) is 25.5 Å². The second-order valence-corrected chi connectivity index (χ2v) is 6.98. The third-order valence-corrected chi connectivity index (χ3v) is 5.08. The van der Waals surface area contributed by atoms with Crippen LogP contribution in [0.15, 0.2) is 29.3 Å². The molecule has 1 heterocycles. The number of rotatable bonds is 5. The van der Waals surface area contributed by atoms with Crippen molar-refractivity contribution < 1.29 is 9.18 Å². The van der Waals surface area contributed by atoms with Crippen molar-refractivity contribution in [3.05, 3.63) is 30.1 Å². The van der Waals surface area contributed by atoms with Gasteiger partial charge in [-0.3, -0.25) is 4.79 Å². The number of halogens is 1. The molecule has 0 saturated carbocycles. The molecule has 0 radical (unpaired) electrons. The van der Waals surface area contributed by atoms with E-state index in [0.29, 0.717) is 10.9 Å². The molecule has 0 aromatic heterocycles. The third-order valence-electron chi connectivity index (χ3n) is 3.71. The number of anilines is 1. The minimum Gasteiger partial charge on any atom is -0.357 e. The quantitative estimate of drug-likeness (QED) is 0.632. The predicted molar refractivity (Wildman–Crippen MR) is 99.1 cm³/mol. The summed E-state index contributed by atoms with van der Waals surface area (Å²) >= 11 is 1.99. The lowest BCUT2D eigenvalue weighted by Gasteiger charge is -2.34. The average molecular weight is 352 g/mol. The van der Waals surface area contributed by atoms with Crippen LogP contribution in [-0.2, 0) is 4.79 Å². The van der Waals surface area contributed by atoms with Gasteiger partial charge < -0.3 is 15.5 Å². The van der Waals surface area contributed by atoms with E-state index < -0.39 is 0 Å². The summed E-state index contributed by atoms with van der Waals surface area (Å²) < 4.78 is 13.1. The molecule has 132 valence electrons. The maximum atomic E-state index is 13.1. The van der Waals surface area contributed by atoms with E-state index in [1.54, 1.807) is 12.1 Å². The summed E-state index contributed by atoms with van der Waals surface area (Å²) in [6.45, 7) is 6.84. The molecule has 1 saturated heterocycles. The number of amides is 1. The second-order valence-electron chi connectivity index (χ2n) is 5.58. The van der Waals surface area contributed by atoms with Gasteiger partial charge in [-0.2, -0.15) is 11.8 Å². The molecule has 1 aliphatic rings. The van der Waals surface area contributed by atoms with Gasteiger partial charge in [0.25, 0.3) is 0 Å². The number of hydrogen-bond acceptors (Lipinski definition) is 3. The highest BCUT2D eigenvalue weighted by Crippen LogP contribution is 2.21. The highest BCUT2D eigenvalue weighted by Gasteiger charge is 2.21. The van der Waals surface area contributed by atoms with E-state index in [9.17, 15) is 9.18 Å². The Bertz CT molecular complexity index is 581. The minimum atomic E-state index is -0.374. The highest BCUT2D eigenvalue weighted by molar-refractivity contribution is 8.00. The van der Waals surface area contributed by atoms with Crippen LogP contribution in [0.5, 0.6) is 0 Å². The van der Waals surface area contributed by atoms with Crippen LogP contribution in [0.3, 0.4) is 0 Å². The molecule has 0 aliphatic carbocycles. The Morgan fingerprint density at radius 2 is 2.29 bits per heavy atom. The summed E-state index contributed by atoms with van der Waals surface area (Å²) in [5.41, 5.74) is 0.445. The fourth-order valence-electron chi connectivity index (χ4n) is 2.50. The summed E-state index contributed by atoms with van der Waals surface area (Å²) in [5, 5.41) is 6.52. The number of carbonyl (C=O) groups is 1. The van der Waals surface area contributed by atoms with Gasteiger partial charge in [0, 0.05) is 36.3 Å². The summed E-state index contributed by atoms with van der Waals surface area (Å²) in [5.74, 6) is 1.21. The zero-order valence-electron chi connectivity index (χ0n) is 14.2. The molecule has 0 spiro atoms. The molecule has 1 fully saturated rings. The van der Waals surface area contributed by atoms with E-state index in [2.05, 4.69) is 27.4 Å². The maximum Gasteiger partial charge on any atom is 0.246 e. The molecule has 1 aliphatic heterocycles. The van der Waals surface area contributed by atoms with Crippen molar-refractivity contribution >= 4 is 29.3 Å². The predicted octanol–water partition coefficient (Wildman–Crippen LogP) is 2.56. The zero-order valence-corrected chi connectivity index (χ0v) is 15.0. The lowest BCUT2D eigenvalue weighted by Crippen LogP contribution is -2.48. The Kier molecular flexibility index (Phi) is 7.36. The fraction of sp³-hybridized carbons (Fsp3) is 0.529. The first-order valence-electron chi connectivity index (χ1n) is 8.32. The van der Waals surface area contributed by atoms with E-state index >= 15 is 0 Å². The topological polar surface area (TPSA) is 56.7 Å². The molecule has 1 atom stereocenters. The van der Waals surface area contributed by atoms with Gasteiger partial charge in [-0.05, 0) is 31.5 Å². The Labute approximate surface area is 147 Å². The average Bonchev–Trinajstić information content (AvgIpc) is 2.58. The van der Waals surface area contributed by atoms with Gasteiger partial charge in [0.1, 0.15) is 12.4 Å². The number of aliphatic imine (C=N–C) groups is 1. The van der Waals surface area contributed by atoms with Crippen LogP contribution in [0.2, 0.25) is 0 Å². The van der Waals surface area contributed by atoms with Crippen molar-refractivity contribution in [2.75, 3.05) is 37.2 Å². The molecule has 0 bridgehead atoms. The fourth-order valence-corrected chi connectivity index (χ4v) is 3.68. The van der Waals surface area contributed by atoms with Gasteiger partial charge in [0.15, 0.2) is 5.96 Å². The molecule has 1 unspecified atom stereocenters. The third kappa shape index (κ3) is 5.70. The molecule has 2 N–H and O–H groups in total. The number of nitrogens with zero attached hydrogens (tertiary/aromatic N) is 2. The van der Waals surface area contributed by atoms with E-state index in [1.165, 1.54) is 12.1 Å². The monoisotopic (exact) mass is 352 g/mol. The molecule has 1 aromatic rings. The number of hydrogen-bond donors (Lipinski definition) is 2. The van der Waals surface area contributed by atoms with Gasteiger partial charge in [-0.15, -0.1) is 0 Å². The molecular weight excluding hydrogens is 327 g/mol. The van der Waals surface area contributed by atoms with E-state index in [4.69, 9.17) is 0 Å². The second kappa shape index (κ2) is 9.52. The highest BCUT2D eigenvalue weighted by atomic mass is 32.2. The number of carbonyl (C=O) groups excluding carboxylic acids is 1. The van der Waals surface area contributed by atoms with E-state index in [-0.39, 0.29) is 18.3 Å². The van der Waals surface area contributed by atoms with Crippen LogP contribution in [-0.4, -0.2) is 53.9 Å². The molecule has 2 rings (SSSR count). The molecule has 5 nitrogen and oxygen atoms in total. The molecule has 7 heteroatoms. The molecule has 1 amide bonds. The van der Waals surface area contributed by atoms with Gasteiger partial charge in [0.05, 0.1) is 0 Å². The van der Waals surface area contributed by atoms with Gasteiger partial charge in [-0.25, -0.2) is 9.38 Å². The largest absolute Gasteiger partial charge is 0.357 e. The van der Waals surface area contributed by atoms with E-state index in [1.807, 2.05) is 18.7 Å². The Morgan fingerprint density at radius 1 is 1.46 bits per heavy atom. The van der Waals surface area contributed by atoms with Crippen LogP contribution >= 0.6 is 11.8 Å². The van der Waals surface area contributed by atoms with Crippen molar-refractivity contribution in [3.63, 3.8) is 0 Å². The summed E-state index contributed by atoms with van der Waals surface area (Å²) in [4.78, 5) is 18.7. The Balaban J connectivity index is 1.95. The summed E-state index contributed by atoms with van der Waals surface area (Å²) in [7, 11) is 0. The summed E-state index contributed by atoms with van der Waals surface area (Å²) in [6, 6.07) is 5.86. The number of nitrogens with one attached hydrogen (secondary N) is 2. The molecule has 24 heavy (non-hydrogen) atoms. The lowest BCUT2D eigenvalue weighted by molar-refractivity contribution is -0.114. The van der Waals surface area contributed by atoms with Crippen molar-refractivity contribution in [1.29, 1.82) is 0 Å². The first kappa shape index (κ1) is 18.6. The van der Waals surface area contributed by atoms with Crippen molar-refractivity contribution in [2.24, 2.45) is 4.99 Å². The SMILES string of the molecule is CCNC(=NCC(=O)Nc1cccc(F)c1)N1CCSC(CC)C1. The van der Waals surface area contributed by atoms with Gasteiger partial charge in [-0.1, -0.05) is 13.0 Å². The van der Waals surface area contributed by atoms with Crippen LogP contribution in [0.25, 0.3) is 0 Å². The number of benzene rings is 1. The normalized spacial score (nSPS) is 18.4. The Morgan fingerprint density at radius 3 is 3.00 bits per heavy atom. The minimum absolute atomic E-state index is 0.0132. The van der Waals surface area contributed by atoms with E-state index in [0.717, 1.165) is 37.8 Å². The van der Waals surface area contributed by atoms with Crippen molar-refractivity contribution in [1.82, 2.24) is 10.2 Å². The van der Waals surface area contributed by atoms with Crippen molar-refractivity contribution in [3.8, 4) is 0 Å². The zero-order chi connectivity index (χ0) is 17.4. The lowest BCUT2D eigenvalue weighted by atomic mass is 10.3. The van der Waals surface area contributed by atoms with Gasteiger partial charge in [0.2, 0.25) is 5.91 Å². The molecular formula is C17H25FN4OS. The standard InChI is InChI=1S/C17H25FN4OS/c1-3-15-12-22(8-9-24-15)17(19-4-2)20-11-16(23)21-14-7-5-6-13(18)10-14/h5-7,10,15H,3-4,8-9,11-12H2,1-2H3,(H,19,20)(H,21,23). The van der Waals surface area contributed by atoms with Crippen LogP contribution in [0.1, 0.15) is 20.3 Å². The summed E-state index contributed by atoms with van der Waals surface area (Å²) in [6.07, 6.45) is 1.13. The van der Waals surface area contributed by atoms with Crippen LogP contribution in [0, 0.1) is 5.82 Å². The number of thioether (sulfide) groups is 1. The smallest absolute Gasteiger partial charge is 0.246 e.